The average Bonchev–Trinajstić information content (AvgIpc) is 2.24. The van der Waals surface area contributed by atoms with E-state index in [9.17, 15) is 17.6 Å². The quantitative estimate of drug-likeness (QED) is 0.750. The van der Waals surface area contributed by atoms with Gasteiger partial charge >= 0.3 is 0 Å². The van der Waals surface area contributed by atoms with Crippen molar-refractivity contribution in [2.45, 2.75) is 17.7 Å². The molecule has 0 bridgehead atoms. The molecule has 0 saturated carbocycles. The van der Waals surface area contributed by atoms with Gasteiger partial charge in [0.1, 0.15) is 22.7 Å². The topological polar surface area (TPSA) is 60.4 Å². The second-order valence-corrected chi connectivity index (χ2v) is 5.56. The van der Waals surface area contributed by atoms with Crippen LogP contribution >= 0.6 is 0 Å². The molecule has 0 amide bonds. The first kappa shape index (κ1) is 13.6. The van der Waals surface area contributed by atoms with Crippen molar-refractivity contribution >= 4 is 16.1 Å². The minimum absolute atomic E-state index is 0.230. The summed E-state index contributed by atoms with van der Waals surface area (Å²) in [7, 11) is -2.26. The smallest absolute Gasteiger partial charge is 0.178 e. The minimum atomic E-state index is -3.63. The van der Waals surface area contributed by atoms with Gasteiger partial charge in [0.2, 0.25) is 0 Å². The Morgan fingerprint density at radius 2 is 2.06 bits per heavy atom. The number of hydrogen-bond donors (Lipinski definition) is 0. The molecule has 4 nitrogen and oxygen atoms in total. The third-order valence-electron chi connectivity index (χ3n) is 2.27. The fourth-order valence-electron chi connectivity index (χ4n) is 1.46. The number of sulfone groups is 1. The molecule has 94 valence electrons. The lowest BCUT2D eigenvalue weighted by atomic mass is 10.1. The number of aryl methyl sites for hydroxylation is 1. The van der Waals surface area contributed by atoms with Crippen LogP contribution in [-0.4, -0.2) is 28.1 Å². The van der Waals surface area contributed by atoms with Crippen molar-refractivity contribution < 1.29 is 22.3 Å². The van der Waals surface area contributed by atoms with Gasteiger partial charge in [-0.25, -0.2) is 12.8 Å². The van der Waals surface area contributed by atoms with Crippen LogP contribution in [0.25, 0.3) is 0 Å². The molecule has 17 heavy (non-hydrogen) atoms. The predicted molar refractivity (Wildman–Crippen MR) is 60.4 cm³/mol. The van der Waals surface area contributed by atoms with Crippen molar-refractivity contribution in [2.75, 3.05) is 13.4 Å². The van der Waals surface area contributed by atoms with Gasteiger partial charge in [-0.1, -0.05) is 0 Å². The second-order valence-electron chi connectivity index (χ2n) is 3.57. The van der Waals surface area contributed by atoms with Gasteiger partial charge in [-0.05, 0) is 18.1 Å². The summed E-state index contributed by atoms with van der Waals surface area (Å²) in [4.78, 5) is 9.86. The Balaban J connectivity index is 3.29. The highest BCUT2D eigenvalue weighted by Gasteiger charge is 2.17. The molecule has 0 heterocycles. The van der Waals surface area contributed by atoms with Crippen LogP contribution in [0.5, 0.6) is 5.75 Å². The Morgan fingerprint density at radius 1 is 1.41 bits per heavy atom. The van der Waals surface area contributed by atoms with Gasteiger partial charge in [0.25, 0.3) is 0 Å². The molecule has 0 atom stereocenters. The summed E-state index contributed by atoms with van der Waals surface area (Å²) >= 11 is 0. The number of halogens is 1. The zero-order chi connectivity index (χ0) is 13.1. The molecular formula is C11H13FO4S. The number of methoxy groups -OCH3 is 1. The van der Waals surface area contributed by atoms with E-state index in [1.165, 1.54) is 7.11 Å². The molecule has 0 unspecified atom stereocenters. The van der Waals surface area contributed by atoms with Crippen LogP contribution in [-0.2, 0) is 21.1 Å². The van der Waals surface area contributed by atoms with Crippen molar-refractivity contribution in [3.63, 3.8) is 0 Å². The van der Waals surface area contributed by atoms with E-state index < -0.39 is 20.5 Å². The third kappa shape index (κ3) is 3.26. The van der Waals surface area contributed by atoms with Crippen LogP contribution in [0.15, 0.2) is 17.0 Å². The summed E-state index contributed by atoms with van der Waals surface area (Å²) in [5.74, 6) is -0.553. The van der Waals surface area contributed by atoms with Crippen molar-refractivity contribution in [3.05, 3.63) is 23.5 Å². The fourth-order valence-corrected chi connectivity index (χ4v) is 2.19. The Kier molecular flexibility index (Phi) is 4.22. The molecule has 1 aromatic carbocycles. The van der Waals surface area contributed by atoms with Gasteiger partial charge in [0.15, 0.2) is 9.84 Å². The van der Waals surface area contributed by atoms with Crippen molar-refractivity contribution in [3.8, 4) is 5.75 Å². The summed E-state index contributed by atoms with van der Waals surface area (Å²) in [5.41, 5.74) is 0.476. The molecule has 0 N–H and O–H groups in total. The number of rotatable bonds is 5. The Labute approximate surface area is 99.3 Å². The first-order chi connectivity index (χ1) is 7.90. The van der Waals surface area contributed by atoms with Crippen LogP contribution in [0.3, 0.4) is 0 Å². The van der Waals surface area contributed by atoms with Crippen LogP contribution in [0.2, 0.25) is 0 Å². The number of hydrogen-bond acceptors (Lipinski definition) is 4. The van der Waals surface area contributed by atoms with E-state index in [2.05, 4.69) is 0 Å². The molecule has 0 aliphatic carbocycles. The second kappa shape index (κ2) is 5.27. The van der Waals surface area contributed by atoms with E-state index in [1.807, 2.05) is 0 Å². The summed E-state index contributed by atoms with van der Waals surface area (Å²) in [6.07, 6.45) is 2.18. The van der Waals surface area contributed by atoms with E-state index >= 15 is 0 Å². The predicted octanol–water partition coefficient (Wildman–Crippen LogP) is 1.37. The average molecular weight is 260 g/mol. The lowest BCUT2D eigenvalue weighted by molar-refractivity contribution is -0.107. The first-order valence-electron chi connectivity index (χ1n) is 4.90. The molecule has 0 aliphatic heterocycles. The molecule has 0 saturated heterocycles. The van der Waals surface area contributed by atoms with Crippen LogP contribution in [0, 0.1) is 5.82 Å². The number of ether oxygens (including phenoxy) is 1. The maximum Gasteiger partial charge on any atom is 0.178 e. The van der Waals surface area contributed by atoms with Gasteiger partial charge in [0, 0.05) is 18.7 Å². The van der Waals surface area contributed by atoms with Gasteiger partial charge < -0.3 is 9.53 Å². The van der Waals surface area contributed by atoms with Crippen molar-refractivity contribution in [1.29, 1.82) is 0 Å². The number of aldehydes is 1. The fraction of sp³-hybridized carbons (Fsp3) is 0.364. The maximum absolute atomic E-state index is 13.6. The van der Waals surface area contributed by atoms with Crippen LogP contribution < -0.4 is 4.74 Å². The first-order valence-corrected chi connectivity index (χ1v) is 6.79. The molecule has 1 aromatic rings. The van der Waals surface area contributed by atoms with E-state index in [0.717, 1.165) is 18.4 Å². The molecule has 0 fully saturated rings. The molecular weight excluding hydrogens is 247 g/mol. The number of carbonyl (C=O) groups excluding carboxylic acids is 1. The largest absolute Gasteiger partial charge is 0.496 e. The van der Waals surface area contributed by atoms with Gasteiger partial charge in [-0.2, -0.15) is 0 Å². The summed E-state index contributed by atoms with van der Waals surface area (Å²) < 4.78 is 41.1. The SMILES string of the molecule is COc1cc(S(C)(=O)=O)c(F)cc1CCC=O. The summed E-state index contributed by atoms with van der Waals surface area (Å²) in [6.45, 7) is 0. The molecule has 0 aromatic heterocycles. The third-order valence-corrected chi connectivity index (χ3v) is 3.38. The maximum atomic E-state index is 13.6. The minimum Gasteiger partial charge on any atom is -0.496 e. The highest BCUT2D eigenvalue weighted by molar-refractivity contribution is 7.90. The van der Waals surface area contributed by atoms with Gasteiger partial charge in [0.05, 0.1) is 7.11 Å². The number of carbonyl (C=O) groups is 1. The zero-order valence-corrected chi connectivity index (χ0v) is 10.4. The molecule has 0 radical (unpaired) electrons. The Bertz CT molecular complexity index is 523. The zero-order valence-electron chi connectivity index (χ0n) is 9.57. The van der Waals surface area contributed by atoms with Crippen LogP contribution in [0.1, 0.15) is 12.0 Å². The van der Waals surface area contributed by atoms with E-state index in [4.69, 9.17) is 4.74 Å². The highest BCUT2D eigenvalue weighted by Crippen LogP contribution is 2.26. The normalized spacial score (nSPS) is 11.2. The van der Waals surface area contributed by atoms with E-state index in [-0.39, 0.29) is 12.2 Å². The molecule has 0 aliphatic rings. The van der Waals surface area contributed by atoms with Crippen molar-refractivity contribution in [1.82, 2.24) is 0 Å². The van der Waals surface area contributed by atoms with E-state index in [0.29, 0.717) is 18.3 Å². The van der Waals surface area contributed by atoms with Gasteiger partial charge in [-0.3, -0.25) is 0 Å². The summed E-state index contributed by atoms with van der Waals surface area (Å²) in [6, 6.07) is 2.24. The lowest BCUT2D eigenvalue weighted by Gasteiger charge is -2.10. The highest BCUT2D eigenvalue weighted by atomic mass is 32.2. The van der Waals surface area contributed by atoms with Crippen LogP contribution in [0.4, 0.5) is 4.39 Å². The number of benzene rings is 1. The Morgan fingerprint density at radius 3 is 2.53 bits per heavy atom. The molecule has 1 rings (SSSR count). The molecule has 0 spiro atoms. The Hall–Kier alpha value is -1.43. The molecule has 6 heteroatoms. The van der Waals surface area contributed by atoms with Gasteiger partial charge in [-0.15, -0.1) is 0 Å². The standard InChI is InChI=1S/C11H13FO4S/c1-16-10-7-11(17(2,14)15)9(12)6-8(10)4-3-5-13/h5-7H,3-4H2,1-2H3. The lowest BCUT2D eigenvalue weighted by Crippen LogP contribution is -2.04. The summed E-state index contributed by atoms with van der Waals surface area (Å²) in [5, 5.41) is 0. The van der Waals surface area contributed by atoms with Crippen molar-refractivity contribution in [2.24, 2.45) is 0 Å². The monoisotopic (exact) mass is 260 g/mol. The van der Waals surface area contributed by atoms with E-state index in [1.54, 1.807) is 0 Å².